The van der Waals surface area contributed by atoms with E-state index in [0.29, 0.717) is 0 Å². The summed E-state index contributed by atoms with van der Waals surface area (Å²) in [6.45, 7) is 5.05. The second kappa shape index (κ2) is 6.57. The van der Waals surface area contributed by atoms with Crippen molar-refractivity contribution in [2.24, 2.45) is 0 Å². The molecule has 4 nitrogen and oxygen atoms in total. The second-order valence-electron chi connectivity index (χ2n) is 4.95. The summed E-state index contributed by atoms with van der Waals surface area (Å²) >= 11 is 0. The summed E-state index contributed by atoms with van der Waals surface area (Å²) in [4.78, 5) is 0. The van der Waals surface area contributed by atoms with Crippen molar-refractivity contribution in [3.05, 3.63) is 47.3 Å². The quantitative estimate of drug-likeness (QED) is 0.879. The number of rotatable bonds is 6. The zero-order chi connectivity index (χ0) is 14.5. The zero-order valence-electron chi connectivity index (χ0n) is 12.7. The number of nitrogens with one attached hydrogen (secondary N) is 1. The predicted octanol–water partition coefficient (Wildman–Crippen LogP) is 2.72. The molecule has 1 aromatic heterocycles. The van der Waals surface area contributed by atoms with Crippen LogP contribution in [-0.4, -0.2) is 23.9 Å². The summed E-state index contributed by atoms with van der Waals surface area (Å²) in [5.41, 5.74) is 3.71. The number of aromatic nitrogens is 2. The lowest BCUT2D eigenvalue weighted by Crippen LogP contribution is -2.23. The van der Waals surface area contributed by atoms with Crippen LogP contribution in [0.4, 0.5) is 0 Å². The van der Waals surface area contributed by atoms with Gasteiger partial charge in [-0.05, 0) is 32.9 Å². The molecule has 0 saturated carbocycles. The average molecular weight is 273 g/mol. The van der Waals surface area contributed by atoms with Crippen LogP contribution in [0, 0.1) is 6.92 Å². The number of nitrogens with zero attached hydrogens (tertiary/aromatic N) is 2. The van der Waals surface area contributed by atoms with Gasteiger partial charge in [-0.3, -0.25) is 4.68 Å². The zero-order valence-corrected chi connectivity index (χ0v) is 12.7. The maximum atomic E-state index is 5.45. The molecule has 1 atom stereocenters. The highest BCUT2D eigenvalue weighted by molar-refractivity contribution is 5.31. The fraction of sp³-hybridized carbons (Fsp3) is 0.438. The van der Waals surface area contributed by atoms with Crippen molar-refractivity contribution >= 4 is 0 Å². The van der Waals surface area contributed by atoms with E-state index in [1.807, 2.05) is 11.7 Å². The fourth-order valence-corrected chi connectivity index (χ4v) is 2.55. The minimum Gasteiger partial charge on any atom is -0.493 e. The van der Waals surface area contributed by atoms with Gasteiger partial charge >= 0.3 is 0 Å². The van der Waals surface area contributed by atoms with Gasteiger partial charge in [-0.1, -0.05) is 29.8 Å². The minimum absolute atomic E-state index is 0.189. The Hall–Kier alpha value is -1.81. The van der Waals surface area contributed by atoms with Gasteiger partial charge in [0.25, 0.3) is 0 Å². The van der Waals surface area contributed by atoms with Crippen molar-refractivity contribution in [1.29, 1.82) is 0 Å². The van der Waals surface area contributed by atoms with Crippen molar-refractivity contribution < 1.29 is 4.74 Å². The molecule has 20 heavy (non-hydrogen) atoms. The predicted molar refractivity (Wildman–Crippen MR) is 81.1 cm³/mol. The van der Waals surface area contributed by atoms with Crippen LogP contribution in [0.3, 0.4) is 0 Å². The van der Waals surface area contributed by atoms with Crippen LogP contribution in [0.25, 0.3) is 0 Å². The van der Waals surface area contributed by atoms with Crippen molar-refractivity contribution in [2.75, 3.05) is 14.2 Å². The maximum Gasteiger partial charge on any atom is 0.161 e. The van der Waals surface area contributed by atoms with Gasteiger partial charge in [0.05, 0.1) is 25.0 Å². The molecule has 0 radical (unpaired) electrons. The molecule has 1 heterocycles. The lowest BCUT2D eigenvalue weighted by Gasteiger charge is -2.19. The minimum atomic E-state index is 0.189. The Morgan fingerprint density at radius 1 is 1.40 bits per heavy atom. The Bertz CT molecular complexity index is 541. The topological polar surface area (TPSA) is 39.1 Å². The maximum absolute atomic E-state index is 5.45. The molecule has 0 fully saturated rings. The molecule has 1 N–H and O–H groups in total. The van der Waals surface area contributed by atoms with Gasteiger partial charge in [0.1, 0.15) is 0 Å². The van der Waals surface area contributed by atoms with Crippen molar-refractivity contribution in [3.8, 4) is 5.75 Å². The van der Waals surface area contributed by atoms with E-state index in [4.69, 9.17) is 4.74 Å². The van der Waals surface area contributed by atoms with Crippen molar-refractivity contribution in [3.63, 3.8) is 0 Å². The molecule has 2 rings (SSSR count). The second-order valence-corrected chi connectivity index (χ2v) is 4.95. The molecular formula is C16H23N3O. The Morgan fingerprint density at radius 2 is 2.20 bits per heavy atom. The molecule has 0 aliphatic rings. The fourth-order valence-electron chi connectivity index (χ4n) is 2.55. The molecule has 108 valence electrons. The molecule has 0 aliphatic carbocycles. The molecule has 2 aromatic rings. The van der Waals surface area contributed by atoms with E-state index in [-0.39, 0.29) is 6.04 Å². The molecular weight excluding hydrogens is 250 g/mol. The molecule has 0 amide bonds. The van der Waals surface area contributed by atoms with Gasteiger partial charge in [0.2, 0.25) is 0 Å². The highest BCUT2D eigenvalue weighted by atomic mass is 16.5. The van der Waals surface area contributed by atoms with Gasteiger partial charge in [0, 0.05) is 6.54 Å². The van der Waals surface area contributed by atoms with E-state index in [9.17, 15) is 0 Å². The van der Waals surface area contributed by atoms with Gasteiger partial charge in [-0.15, -0.1) is 0 Å². The smallest absolute Gasteiger partial charge is 0.161 e. The first-order chi connectivity index (χ1) is 9.69. The number of hydrogen-bond acceptors (Lipinski definition) is 3. The third kappa shape index (κ3) is 3.02. The lowest BCUT2D eigenvalue weighted by molar-refractivity contribution is 0.394. The molecule has 0 spiro atoms. The van der Waals surface area contributed by atoms with Crippen LogP contribution in [0.1, 0.15) is 29.8 Å². The normalized spacial score (nSPS) is 12.4. The van der Waals surface area contributed by atoms with Gasteiger partial charge < -0.3 is 10.1 Å². The molecule has 0 bridgehead atoms. The van der Waals surface area contributed by atoms with Crippen LogP contribution in [0.2, 0.25) is 0 Å². The monoisotopic (exact) mass is 273 g/mol. The summed E-state index contributed by atoms with van der Waals surface area (Å²) in [7, 11) is 3.67. The summed E-state index contributed by atoms with van der Waals surface area (Å²) in [5, 5.41) is 7.77. The Labute approximate surface area is 120 Å². The van der Waals surface area contributed by atoms with E-state index in [1.165, 1.54) is 11.1 Å². The number of likely N-dealkylation sites (N-methyl/N-ethyl adjacent to an activating group) is 1. The Kier molecular flexibility index (Phi) is 4.79. The lowest BCUT2D eigenvalue weighted by atomic mass is 10.0. The average Bonchev–Trinajstić information content (AvgIpc) is 2.87. The Balaban J connectivity index is 2.30. The number of benzene rings is 1. The standard InChI is InChI=1S/C16H23N3O/c1-5-19-16(15(20-4)11-18-19)14(17-3)10-13-8-6-7-12(2)9-13/h6-9,11,14,17H,5,10H2,1-4H3. The van der Waals surface area contributed by atoms with E-state index in [2.05, 4.69) is 48.5 Å². The van der Waals surface area contributed by atoms with Crippen LogP contribution >= 0.6 is 0 Å². The number of methoxy groups -OCH3 is 1. The van der Waals surface area contributed by atoms with Crippen LogP contribution < -0.4 is 10.1 Å². The number of hydrogen-bond donors (Lipinski definition) is 1. The largest absolute Gasteiger partial charge is 0.493 e. The summed E-state index contributed by atoms with van der Waals surface area (Å²) in [5.74, 6) is 0.846. The highest BCUT2D eigenvalue weighted by Crippen LogP contribution is 2.27. The molecule has 4 heteroatoms. The number of ether oxygens (including phenoxy) is 1. The van der Waals surface area contributed by atoms with E-state index >= 15 is 0 Å². The summed E-state index contributed by atoms with van der Waals surface area (Å²) in [6, 6.07) is 8.80. The van der Waals surface area contributed by atoms with Gasteiger partial charge in [-0.25, -0.2) is 0 Å². The third-order valence-electron chi connectivity index (χ3n) is 3.57. The van der Waals surface area contributed by atoms with E-state index in [1.54, 1.807) is 13.3 Å². The van der Waals surface area contributed by atoms with Gasteiger partial charge in [0.15, 0.2) is 5.75 Å². The van der Waals surface area contributed by atoms with Gasteiger partial charge in [-0.2, -0.15) is 5.10 Å². The van der Waals surface area contributed by atoms with E-state index < -0.39 is 0 Å². The molecule has 1 aromatic carbocycles. The van der Waals surface area contributed by atoms with Crippen LogP contribution in [0.15, 0.2) is 30.5 Å². The first-order valence-corrected chi connectivity index (χ1v) is 7.02. The molecule has 0 aliphatic heterocycles. The SMILES string of the molecule is CCn1ncc(OC)c1C(Cc1cccc(C)c1)NC. The van der Waals surface area contributed by atoms with E-state index in [0.717, 1.165) is 24.4 Å². The highest BCUT2D eigenvalue weighted by Gasteiger charge is 2.20. The number of aryl methyl sites for hydroxylation is 2. The molecule has 1 unspecified atom stereocenters. The van der Waals surface area contributed by atoms with Crippen molar-refractivity contribution in [1.82, 2.24) is 15.1 Å². The molecule has 0 saturated heterocycles. The first-order valence-electron chi connectivity index (χ1n) is 7.02. The Morgan fingerprint density at radius 3 is 2.80 bits per heavy atom. The van der Waals surface area contributed by atoms with Crippen molar-refractivity contribution in [2.45, 2.75) is 32.9 Å². The van der Waals surface area contributed by atoms with Crippen LogP contribution in [0.5, 0.6) is 5.75 Å². The summed E-state index contributed by atoms with van der Waals surface area (Å²) in [6.07, 6.45) is 2.71. The first kappa shape index (κ1) is 14.6. The van der Waals surface area contributed by atoms with Crippen LogP contribution in [-0.2, 0) is 13.0 Å². The summed E-state index contributed by atoms with van der Waals surface area (Å²) < 4.78 is 7.44. The third-order valence-corrected chi connectivity index (χ3v) is 3.57.